The minimum atomic E-state index is 0.699. The van der Waals surface area contributed by atoms with Crippen LogP contribution in [0.25, 0.3) is 0 Å². The Morgan fingerprint density at radius 1 is 1.22 bits per heavy atom. The Morgan fingerprint density at radius 3 is 2.67 bits per heavy atom. The lowest BCUT2D eigenvalue weighted by Gasteiger charge is -2.28. The summed E-state index contributed by atoms with van der Waals surface area (Å²) in [6.45, 7) is 0. The Hall–Kier alpha value is -1.04. The van der Waals surface area contributed by atoms with Crippen LogP contribution in [-0.2, 0) is 0 Å². The molecule has 4 bridgehead atoms. The minimum Gasteiger partial charge on any atom is -0.0720 e. The van der Waals surface area contributed by atoms with Gasteiger partial charge in [0.05, 0.1) is 0 Å². The fraction of sp³-hybridized carbons (Fsp3) is 0.111. The van der Waals surface area contributed by atoms with Crippen molar-refractivity contribution in [1.29, 1.82) is 0 Å². The fourth-order valence-corrected chi connectivity index (χ4v) is 1.83. The molecule has 1 atom stereocenters. The average molecular weight is 114 g/mol. The van der Waals surface area contributed by atoms with E-state index in [-0.39, 0.29) is 0 Å². The highest BCUT2D eigenvalue weighted by molar-refractivity contribution is 5.71. The summed E-state index contributed by atoms with van der Waals surface area (Å²) < 4.78 is 0. The maximum Gasteiger partial charge on any atom is 0.0284 e. The molecule has 0 nitrogen and oxygen atoms in total. The molecule has 0 radical (unpaired) electrons. The van der Waals surface area contributed by atoms with Gasteiger partial charge in [0.1, 0.15) is 0 Å². The number of rotatable bonds is 0. The topological polar surface area (TPSA) is 0 Å². The highest BCUT2D eigenvalue weighted by Gasteiger charge is 2.35. The first kappa shape index (κ1) is 3.89. The van der Waals surface area contributed by atoms with Crippen LogP contribution in [0.5, 0.6) is 0 Å². The lowest BCUT2D eigenvalue weighted by molar-refractivity contribution is 0.885. The molecular weight excluding hydrogens is 108 g/mol. The standard InChI is InChI=1S/C9H6/c1-2-6-8-4-5-9(6)7(8)3-1/h1-5,8H. The Morgan fingerprint density at radius 2 is 2.22 bits per heavy atom. The number of hydrogen-bond donors (Lipinski definition) is 0. The highest BCUT2D eigenvalue weighted by atomic mass is 14.4. The summed E-state index contributed by atoms with van der Waals surface area (Å²) in [6, 6.07) is 0. The third-order valence-corrected chi connectivity index (χ3v) is 2.30. The van der Waals surface area contributed by atoms with E-state index in [0.717, 1.165) is 0 Å². The lowest BCUT2D eigenvalue weighted by atomic mass is 9.75. The number of allylic oxidation sites excluding steroid dienone is 8. The van der Waals surface area contributed by atoms with E-state index in [1.807, 2.05) is 0 Å². The van der Waals surface area contributed by atoms with Gasteiger partial charge in [-0.15, -0.1) is 0 Å². The van der Waals surface area contributed by atoms with E-state index in [4.69, 9.17) is 0 Å². The van der Waals surface area contributed by atoms with Gasteiger partial charge >= 0.3 is 0 Å². The molecule has 0 saturated carbocycles. The second kappa shape index (κ2) is 0.971. The van der Waals surface area contributed by atoms with Gasteiger partial charge in [-0.05, 0) is 16.7 Å². The molecule has 4 aliphatic rings. The molecule has 0 aromatic heterocycles. The predicted molar refractivity (Wildman–Crippen MR) is 36.9 cm³/mol. The molecule has 9 heavy (non-hydrogen) atoms. The summed E-state index contributed by atoms with van der Waals surface area (Å²) in [4.78, 5) is 0. The van der Waals surface area contributed by atoms with Crippen LogP contribution in [0.4, 0.5) is 0 Å². The average Bonchev–Trinajstić information content (AvgIpc) is 2.48. The molecule has 42 valence electrons. The van der Waals surface area contributed by atoms with Crippen LogP contribution in [-0.4, -0.2) is 0 Å². The zero-order chi connectivity index (χ0) is 5.84. The smallest absolute Gasteiger partial charge is 0.0284 e. The summed E-state index contributed by atoms with van der Waals surface area (Å²) in [5, 5.41) is 0. The van der Waals surface area contributed by atoms with Crippen LogP contribution in [0, 0.1) is 5.92 Å². The van der Waals surface area contributed by atoms with Crippen molar-refractivity contribution in [3.8, 4) is 0 Å². The molecule has 0 saturated heterocycles. The normalized spacial score (nSPS) is 32.9. The van der Waals surface area contributed by atoms with E-state index in [9.17, 15) is 0 Å². The number of hydrogen-bond acceptors (Lipinski definition) is 0. The van der Waals surface area contributed by atoms with Crippen LogP contribution in [0.1, 0.15) is 0 Å². The minimum absolute atomic E-state index is 0.699. The molecule has 0 aliphatic heterocycles. The van der Waals surface area contributed by atoms with Gasteiger partial charge in [0.25, 0.3) is 0 Å². The van der Waals surface area contributed by atoms with Gasteiger partial charge in [-0.2, -0.15) is 0 Å². The van der Waals surface area contributed by atoms with Gasteiger partial charge in [0.2, 0.25) is 0 Å². The van der Waals surface area contributed by atoms with E-state index in [1.165, 1.54) is 16.7 Å². The first-order chi connectivity index (χ1) is 4.47. The summed E-state index contributed by atoms with van der Waals surface area (Å²) >= 11 is 0. The largest absolute Gasteiger partial charge is 0.0720 e. The summed E-state index contributed by atoms with van der Waals surface area (Å²) in [6.07, 6.45) is 11.1. The third-order valence-electron chi connectivity index (χ3n) is 2.30. The first-order valence-corrected chi connectivity index (χ1v) is 3.28. The van der Waals surface area contributed by atoms with Gasteiger partial charge in [-0.1, -0.05) is 30.4 Å². The molecule has 4 aliphatic carbocycles. The second-order valence-electron chi connectivity index (χ2n) is 2.69. The van der Waals surface area contributed by atoms with Crippen molar-refractivity contribution < 1.29 is 0 Å². The molecule has 0 amide bonds. The Labute approximate surface area is 53.9 Å². The maximum atomic E-state index is 2.28. The monoisotopic (exact) mass is 114 g/mol. The quantitative estimate of drug-likeness (QED) is 0.451. The van der Waals surface area contributed by atoms with Gasteiger partial charge in [-0.3, -0.25) is 0 Å². The zero-order valence-electron chi connectivity index (χ0n) is 4.96. The fourth-order valence-electron chi connectivity index (χ4n) is 1.83. The summed E-state index contributed by atoms with van der Waals surface area (Å²) in [7, 11) is 0. The molecular formula is C9H6. The van der Waals surface area contributed by atoms with Gasteiger partial charge in [0.15, 0.2) is 0 Å². The van der Waals surface area contributed by atoms with E-state index in [2.05, 4.69) is 30.4 Å². The summed E-state index contributed by atoms with van der Waals surface area (Å²) in [5.41, 5.74) is 4.56. The molecule has 0 N–H and O–H groups in total. The van der Waals surface area contributed by atoms with Crippen LogP contribution in [0.3, 0.4) is 0 Å². The van der Waals surface area contributed by atoms with E-state index >= 15 is 0 Å². The Bertz CT molecular complexity index is 298. The molecule has 0 heterocycles. The second-order valence-corrected chi connectivity index (χ2v) is 2.69. The molecule has 0 spiro atoms. The van der Waals surface area contributed by atoms with Gasteiger partial charge < -0.3 is 0 Å². The highest BCUT2D eigenvalue weighted by Crippen LogP contribution is 2.50. The first-order valence-electron chi connectivity index (χ1n) is 3.28. The molecule has 0 fully saturated rings. The zero-order valence-corrected chi connectivity index (χ0v) is 4.96. The lowest BCUT2D eigenvalue weighted by Crippen LogP contribution is -2.14. The van der Waals surface area contributed by atoms with E-state index < -0.39 is 0 Å². The predicted octanol–water partition coefficient (Wildman–Crippen LogP) is 1.98. The summed E-state index contributed by atoms with van der Waals surface area (Å²) in [5.74, 6) is 0.699. The maximum absolute atomic E-state index is 2.28. The molecule has 0 heteroatoms. The van der Waals surface area contributed by atoms with Crippen molar-refractivity contribution in [2.24, 2.45) is 5.92 Å². The van der Waals surface area contributed by atoms with Crippen molar-refractivity contribution in [2.45, 2.75) is 0 Å². The van der Waals surface area contributed by atoms with Crippen molar-refractivity contribution in [3.05, 3.63) is 47.1 Å². The van der Waals surface area contributed by atoms with Crippen molar-refractivity contribution >= 4 is 0 Å². The molecule has 0 aromatic rings. The van der Waals surface area contributed by atoms with Crippen molar-refractivity contribution in [3.63, 3.8) is 0 Å². The van der Waals surface area contributed by atoms with Gasteiger partial charge in [0, 0.05) is 5.92 Å². The van der Waals surface area contributed by atoms with Crippen LogP contribution in [0.15, 0.2) is 47.1 Å². The van der Waals surface area contributed by atoms with Crippen LogP contribution >= 0.6 is 0 Å². The van der Waals surface area contributed by atoms with Gasteiger partial charge in [-0.25, -0.2) is 0 Å². The third kappa shape index (κ3) is 0.254. The van der Waals surface area contributed by atoms with Crippen molar-refractivity contribution in [2.75, 3.05) is 0 Å². The molecule has 1 unspecified atom stereocenters. The van der Waals surface area contributed by atoms with E-state index in [1.54, 1.807) is 0 Å². The van der Waals surface area contributed by atoms with Crippen molar-refractivity contribution in [1.82, 2.24) is 0 Å². The Balaban J connectivity index is 2.41. The Kier molecular flexibility index (Phi) is 0.419. The molecule has 0 aromatic carbocycles. The van der Waals surface area contributed by atoms with E-state index in [0.29, 0.717) is 5.92 Å². The molecule has 4 rings (SSSR count). The van der Waals surface area contributed by atoms with Crippen LogP contribution in [0.2, 0.25) is 0 Å². The van der Waals surface area contributed by atoms with Crippen LogP contribution < -0.4 is 0 Å². The SMILES string of the molecule is C1=CC2c3cccc2c31.